The van der Waals surface area contributed by atoms with Crippen LogP contribution in [-0.4, -0.2) is 45.0 Å². The molecule has 3 N–H and O–H groups in total. The number of quaternary nitrogens is 2. The zero-order chi connectivity index (χ0) is 20.9. The lowest BCUT2D eigenvalue weighted by Crippen LogP contribution is -3.14. The van der Waals surface area contributed by atoms with Crippen molar-refractivity contribution in [2.45, 2.75) is 38.5 Å². The number of morpholine rings is 1. The van der Waals surface area contributed by atoms with Crippen LogP contribution in [0.3, 0.4) is 0 Å². The van der Waals surface area contributed by atoms with Gasteiger partial charge >= 0.3 is 0 Å². The molecular formula is C23H32Cl2N2O2+2. The molecule has 0 aliphatic carbocycles. The lowest BCUT2D eigenvalue weighted by atomic mass is 9.94. The molecular weight excluding hydrogens is 407 g/mol. The summed E-state index contributed by atoms with van der Waals surface area (Å²) < 4.78 is 11.3. The number of ether oxygens (including phenoxy) is 2. The molecule has 29 heavy (non-hydrogen) atoms. The highest BCUT2D eigenvalue weighted by atomic mass is 35.5. The van der Waals surface area contributed by atoms with Gasteiger partial charge in [0.25, 0.3) is 0 Å². The molecule has 2 aromatic carbocycles. The normalized spacial score (nSPS) is 19.9. The summed E-state index contributed by atoms with van der Waals surface area (Å²) in [4.78, 5) is 1.49. The van der Waals surface area contributed by atoms with E-state index in [1.807, 2.05) is 24.3 Å². The Morgan fingerprint density at radius 1 is 1.17 bits per heavy atom. The van der Waals surface area contributed by atoms with E-state index < -0.39 is 0 Å². The molecule has 3 rings (SSSR count). The molecule has 0 aromatic heterocycles. The van der Waals surface area contributed by atoms with Crippen LogP contribution in [0.2, 0.25) is 10.0 Å². The van der Waals surface area contributed by atoms with Gasteiger partial charge in [-0.1, -0.05) is 47.5 Å². The van der Waals surface area contributed by atoms with Crippen molar-refractivity contribution in [3.63, 3.8) is 0 Å². The largest absolute Gasteiger partial charge is 0.497 e. The van der Waals surface area contributed by atoms with Crippen molar-refractivity contribution < 1.29 is 19.7 Å². The first-order valence-electron chi connectivity index (χ1n) is 10.2. The van der Waals surface area contributed by atoms with Gasteiger partial charge in [-0.25, -0.2) is 0 Å². The van der Waals surface area contributed by atoms with Crippen molar-refractivity contribution in [1.29, 1.82) is 0 Å². The highest BCUT2D eigenvalue weighted by Crippen LogP contribution is 2.24. The Kier molecular flexibility index (Phi) is 7.83. The molecule has 0 bridgehead atoms. The van der Waals surface area contributed by atoms with Gasteiger partial charge in [0.1, 0.15) is 31.9 Å². The van der Waals surface area contributed by atoms with Crippen LogP contribution >= 0.6 is 23.2 Å². The van der Waals surface area contributed by atoms with Crippen LogP contribution in [0, 0.1) is 0 Å². The monoisotopic (exact) mass is 438 g/mol. The number of rotatable bonds is 8. The third-order valence-electron chi connectivity index (χ3n) is 5.55. The maximum Gasteiger partial charge on any atom is 0.155 e. The van der Waals surface area contributed by atoms with Gasteiger partial charge in [0.05, 0.1) is 29.3 Å². The SMILES string of the molecule is COc1ccc(CC(C)(C)[NH2+]CC2C[NH+](Cc3cccc(Cl)c3Cl)CCO2)cc1. The van der Waals surface area contributed by atoms with E-state index >= 15 is 0 Å². The summed E-state index contributed by atoms with van der Waals surface area (Å²) in [5.41, 5.74) is 2.53. The van der Waals surface area contributed by atoms with Crippen LogP contribution in [0.15, 0.2) is 42.5 Å². The minimum Gasteiger partial charge on any atom is -0.497 e. The van der Waals surface area contributed by atoms with Gasteiger partial charge in [-0.2, -0.15) is 0 Å². The Morgan fingerprint density at radius 3 is 2.66 bits per heavy atom. The topological polar surface area (TPSA) is 39.5 Å². The van der Waals surface area contributed by atoms with Crippen LogP contribution in [-0.2, 0) is 17.7 Å². The van der Waals surface area contributed by atoms with E-state index in [1.54, 1.807) is 7.11 Å². The third-order valence-corrected chi connectivity index (χ3v) is 6.41. The number of halogens is 2. The van der Waals surface area contributed by atoms with Crippen molar-refractivity contribution in [2.75, 3.05) is 33.4 Å². The van der Waals surface area contributed by atoms with Gasteiger partial charge in [-0.15, -0.1) is 0 Å². The number of hydrogen-bond acceptors (Lipinski definition) is 2. The zero-order valence-electron chi connectivity index (χ0n) is 17.5. The summed E-state index contributed by atoms with van der Waals surface area (Å²) in [6, 6.07) is 14.2. The molecule has 0 saturated carbocycles. The van der Waals surface area contributed by atoms with Crippen LogP contribution in [0.4, 0.5) is 0 Å². The number of hydrogen-bond donors (Lipinski definition) is 2. The summed E-state index contributed by atoms with van der Waals surface area (Å²) >= 11 is 12.5. The fraction of sp³-hybridized carbons (Fsp3) is 0.478. The van der Waals surface area contributed by atoms with Gasteiger partial charge in [-0.05, 0) is 37.6 Å². The maximum absolute atomic E-state index is 6.38. The van der Waals surface area contributed by atoms with E-state index in [0.717, 1.165) is 50.5 Å². The molecule has 0 spiro atoms. The fourth-order valence-electron chi connectivity index (χ4n) is 3.91. The molecule has 0 radical (unpaired) electrons. The molecule has 1 aliphatic heterocycles. The van der Waals surface area contributed by atoms with Crippen molar-refractivity contribution in [3.05, 3.63) is 63.6 Å². The van der Waals surface area contributed by atoms with Gasteiger partial charge in [0.15, 0.2) is 6.10 Å². The molecule has 2 aromatic rings. The van der Waals surface area contributed by atoms with E-state index in [-0.39, 0.29) is 11.6 Å². The second-order valence-corrected chi connectivity index (χ2v) is 9.33. The standard InChI is InChI=1S/C23H30Cl2N2O2/c1-23(2,13-17-7-9-19(28-3)10-8-17)26-14-20-16-27(11-12-29-20)15-18-5-4-6-21(24)22(18)25/h4-10,20,26H,11-16H2,1-3H3/p+2. The van der Waals surface area contributed by atoms with Crippen LogP contribution in [0.25, 0.3) is 0 Å². The van der Waals surface area contributed by atoms with Gasteiger partial charge in [-0.3, -0.25) is 0 Å². The first-order valence-corrected chi connectivity index (χ1v) is 11.0. The molecule has 2 atom stereocenters. The summed E-state index contributed by atoms with van der Waals surface area (Å²) in [5.74, 6) is 0.897. The predicted molar refractivity (Wildman–Crippen MR) is 118 cm³/mol. The molecule has 4 nitrogen and oxygen atoms in total. The zero-order valence-corrected chi connectivity index (χ0v) is 19.0. The highest BCUT2D eigenvalue weighted by molar-refractivity contribution is 6.42. The summed E-state index contributed by atoms with van der Waals surface area (Å²) in [6.45, 7) is 9.18. The van der Waals surface area contributed by atoms with Crippen LogP contribution in [0.1, 0.15) is 25.0 Å². The predicted octanol–water partition coefficient (Wildman–Crippen LogP) is 2.37. The fourth-order valence-corrected chi connectivity index (χ4v) is 4.30. The summed E-state index contributed by atoms with van der Waals surface area (Å²) in [6.07, 6.45) is 1.24. The average Bonchev–Trinajstić information content (AvgIpc) is 2.71. The summed E-state index contributed by atoms with van der Waals surface area (Å²) in [7, 11) is 1.70. The maximum atomic E-state index is 6.38. The second-order valence-electron chi connectivity index (χ2n) is 8.54. The van der Waals surface area contributed by atoms with Crippen molar-refractivity contribution >= 4 is 23.2 Å². The Labute approximate surface area is 184 Å². The first kappa shape index (κ1) is 22.4. The number of nitrogens with two attached hydrogens (primary N) is 1. The lowest BCUT2D eigenvalue weighted by Gasteiger charge is -2.32. The van der Waals surface area contributed by atoms with E-state index in [1.165, 1.54) is 10.5 Å². The molecule has 0 amide bonds. The Bertz CT molecular complexity index is 796. The molecule has 1 saturated heterocycles. The Morgan fingerprint density at radius 2 is 1.93 bits per heavy atom. The minimum atomic E-state index is 0.103. The Balaban J connectivity index is 1.51. The number of nitrogens with one attached hydrogen (secondary N) is 1. The Hall–Kier alpha value is -1.30. The molecule has 158 valence electrons. The van der Waals surface area contributed by atoms with Crippen LogP contribution < -0.4 is 15.0 Å². The average molecular weight is 439 g/mol. The van der Waals surface area contributed by atoms with E-state index in [4.69, 9.17) is 32.7 Å². The number of benzene rings is 2. The summed E-state index contributed by atoms with van der Waals surface area (Å²) in [5, 5.41) is 3.72. The van der Waals surface area contributed by atoms with Gasteiger partial charge in [0, 0.05) is 12.0 Å². The van der Waals surface area contributed by atoms with Crippen molar-refractivity contribution in [1.82, 2.24) is 0 Å². The van der Waals surface area contributed by atoms with Crippen molar-refractivity contribution in [2.24, 2.45) is 0 Å². The highest BCUT2D eigenvalue weighted by Gasteiger charge is 2.29. The van der Waals surface area contributed by atoms with Crippen molar-refractivity contribution in [3.8, 4) is 5.75 Å². The number of methoxy groups -OCH3 is 1. The molecule has 1 heterocycles. The lowest BCUT2D eigenvalue weighted by molar-refractivity contribution is -0.927. The van der Waals surface area contributed by atoms with E-state index in [2.05, 4.69) is 37.4 Å². The van der Waals surface area contributed by atoms with Crippen LogP contribution in [0.5, 0.6) is 5.75 Å². The minimum absolute atomic E-state index is 0.103. The first-order chi connectivity index (χ1) is 13.9. The quantitative estimate of drug-likeness (QED) is 0.663. The van der Waals surface area contributed by atoms with E-state index in [0.29, 0.717) is 10.0 Å². The van der Waals surface area contributed by atoms with Gasteiger partial charge in [0.2, 0.25) is 0 Å². The molecule has 1 fully saturated rings. The second kappa shape index (κ2) is 10.1. The van der Waals surface area contributed by atoms with E-state index in [9.17, 15) is 0 Å². The smallest absolute Gasteiger partial charge is 0.155 e. The molecule has 2 unspecified atom stereocenters. The molecule has 6 heteroatoms. The van der Waals surface area contributed by atoms with Gasteiger partial charge < -0.3 is 19.7 Å². The molecule has 1 aliphatic rings. The third kappa shape index (κ3) is 6.59.